The normalized spacial score (nSPS) is 18.7. The summed E-state index contributed by atoms with van der Waals surface area (Å²) >= 11 is 0. The fourth-order valence-corrected chi connectivity index (χ4v) is 4.38. The maximum Gasteiger partial charge on any atom is 0.256 e. The smallest absolute Gasteiger partial charge is 0.256 e. The highest BCUT2D eigenvalue weighted by Crippen LogP contribution is 2.35. The van der Waals surface area contributed by atoms with E-state index in [2.05, 4.69) is 32.5 Å². The zero-order valence-electron chi connectivity index (χ0n) is 18.4. The van der Waals surface area contributed by atoms with E-state index in [0.29, 0.717) is 23.1 Å². The van der Waals surface area contributed by atoms with E-state index in [9.17, 15) is 4.79 Å². The van der Waals surface area contributed by atoms with Crippen molar-refractivity contribution in [3.63, 3.8) is 0 Å². The van der Waals surface area contributed by atoms with Crippen molar-refractivity contribution in [1.82, 2.24) is 30.0 Å². The van der Waals surface area contributed by atoms with Crippen molar-refractivity contribution in [3.8, 4) is 11.3 Å². The highest BCUT2D eigenvalue weighted by Gasteiger charge is 2.27. The molecule has 4 aromatic rings. The van der Waals surface area contributed by atoms with E-state index in [1.54, 1.807) is 30.5 Å². The molecule has 3 aromatic heterocycles. The first-order valence-electron chi connectivity index (χ1n) is 11.1. The molecule has 0 spiro atoms. The Morgan fingerprint density at radius 2 is 2.00 bits per heavy atom. The average molecular weight is 443 g/mol. The van der Waals surface area contributed by atoms with Gasteiger partial charge in [0.2, 0.25) is 0 Å². The minimum atomic E-state index is -0.224. The van der Waals surface area contributed by atoms with Crippen LogP contribution in [0.25, 0.3) is 22.3 Å². The zero-order valence-corrected chi connectivity index (χ0v) is 18.4. The highest BCUT2D eigenvalue weighted by molar-refractivity contribution is 6.04. The summed E-state index contributed by atoms with van der Waals surface area (Å²) in [6.45, 7) is 4.17. The number of fused-ring (bicyclic) bond motifs is 1. The Hall–Kier alpha value is -3.85. The van der Waals surface area contributed by atoms with Crippen LogP contribution in [0.15, 0.2) is 55.0 Å². The second-order valence-electron chi connectivity index (χ2n) is 8.39. The summed E-state index contributed by atoms with van der Waals surface area (Å²) in [5.41, 5.74) is 9.13. The Kier molecular flexibility index (Phi) is 5.70. The second kappa shape index (κ2) is 8.95. The third kappa shape index (κ3) is 4.14. The van der Waals surface area contributed by atoms with Crippen molar-refractivity contribution in [2.75, 3.05) is 24.1 Å². The van der Waals surface area contributed by atoms with Gasteiger partial charge >= 0.3 is 0 Å². The molecule has 4 heterocycles. The van der Waals surface area contributed by atoms with Gasteiger partial charge in [-0.2, -0.15) is 5.10 Å². The predicted octanol–water partition coefficient (Wildman–Crippen LogP) is 3.28. The standard InChI is InChI=1S/C24H26N8O/c1-15-13-26-11-4-5-18(15)32-23-20(22(25)28-14-29-23)21(31-32)16-7-9-17(10-8-16)24(33)30-19-6-2-3-12-27-19/h2-3,6-10,12,14-15,18,26H,4-5,11,13H2,1H3,(H2,25,28,29)(H,27,30,33). The van der Waals surface area contributed by atoms with Gasteiger partial charge in [-0.3, -0.25) is 4.79 Å². The van der Waals surface area contributed by atoms with Crippen molar-refractivity contribution < 1.29 is 4.79 Å². The second-order valence-corrected chi connectivity index (χ2v) is 8.39. The number of nitrogen functional groups attached to an aromatic ring is 1. The van der Waals surface area contributed by atoms with Crippen molar-refractivity contribution >= 4 is 28.6 Å². The first-order valence-corrected chi connectivity index (χ1v) is 11.1. The van der Waals surface area contributed by atoms with Crippen LogP contribution in [0.4, 0.5) is 11.6 Å². The Bertz CT molecular complexity index is 1270. The number of carbonyl (C=O) groups is 1. The van der Waals surface area contributed by atoms with Crippen molar-refractivity contribution in [2.24, 2.45) is 5.92 Å². The molecule has 168 valence electrons. The molecule has 1 aliphatic heterocycles. The molecule has 9 heteroatoms. The summed E-state index contributed by atoms with van der Waals surface area (Å²) in [4.78, 5) is 25.5. The minimum Gasteiger partial charge on any atom is -0.383 e. The number of amides is 1. The van der Waals surface area contributed by atoms with Gasteiger partial charge in [0.25, 0.3) is 5.91 Å². The molecule has 5 rings (SSSR count). The van der Waals surface area contributed by atoms with Crippen molar-refractivity contribution in [3.05, 3.63) is 60.6 Å². The number of anilines is 2. The topological polar surface area (TPSA) is 124 Å². The Morgan fingerprint density at radius 3 is 2.79 bits per heavy atom. The van der Waals surface area contributed by atoms with Gasteiger partial charge in [-0.05, 0) is 56.1 Å². The number of nitrogens with two attached hydrogens (primary N) is 1. The molecule has 2 unspecified atom stereocenters. The van der Waals surface area contributed by atoms with Gasteiger partial charge in [-0.25, -0.2) is 19.6 Å². The van der Waals surface area contributed by atoms with Gasteiger partial charge in [0.15, 0.2) is 5.65 Å². The van der Waals surface area contributed by atoms with Crippen LogP contribution in [0.3, 0.4) is 0 Å². The van der Waals surface area contributed by atoms with Crippen LogP contribution in [0.1, 0.15) is 36.2 Å². The van der Waals surface area contributed by atoms with Crippen LogP contribution in [-0.4, -0.2) is 43.7 Å². The number of nitrogens with one attached hydrogen (secondary N) is 2. The third-order valence-electron chi connectivity index (χ3n) is 6.14. The monoisotopic (exact) mass is 442 g/mol. The minimum absolute atomic E-state index is 0.217. The molecule has 1 saturated heterocycles. The van der Waals surface area contributed by atoms with Crippen LogP contribution in [0, 0.1) is 5.92 Å². The van der Waals surface area contributed by atoms with Gasteiger partial charge in [0.1, 0.15) is 23.7 Å². The molecule has 9 nitrogen and oxygen atoms in total. The lowest BCUT2D eigenvalue weighted by atomic mass is 9.99. The summed E-state index contributed by atoms with van der Waals surface area (Å²) in [5.74, 6) is 1.08. The number of hydrogen-bond donors (Lipinski definition) is 3. The lowest BCUT2D eigenvalue weighted by Gasteiger charge is -2.22. The molecule has 0 radical (unpaired) electrons. The largest absolute Gasteiger partial charge is 0.383 e. The summed E-state index contributed by atoms with van der Waals surface area (Å²) in [5, 5.41) is 12.0. The first kappa shape index (κ1) is 21.0. The van der Waals surface area contributed by atoms with Crippen LogP contribution in [0.2, 0.25) is 0 Å². The molecule has 33 heavy (non-hydrogen) atoms. The number of nitrogens with zero attached hydrogens (tertiary/aromatic N) is 5. The lowest BCUT2D eigenvalue weighted by Crippen LogP contribution is -2.25. The maximum atomic E-state index is 12.6. The molecule has 1 aliphatic rings. The maximum absolute atomic E-state index is 12.6. The van der Waals surface area contributed by atoms with E-state index in [-0.39, 0.29) is 11.9 Å². The third-order valence-corrected chi connectivity index (χ3v) is 6.14. The van der Waals surface area contributed by atoms with Crippen LogP contribution in [-0.2, 0) is 0 Å². The fourth-order valence-electron chi connectivity index (χ4n) is 4.38. The molecule has 0 aliphatic carbocycles. The van der Waals surface area contributed by atoms with Gasteiger partial charge in [-0.1, -0.05) is 25.1 Å². The molecule has 2 atom stereocenters. The molecular formula is C24H26N8O. The molecule has 0 bridgehead atoms. The molecule has 1 amide bonds. The Labute approximate surface area is 191 Å². The van der Waals surface area contributed by atoms with Crippen molar-refractivity contribution in [1.29, 1.82) is 0 Å². The number of carbonyl (C=O) groups excluding carboxylic acids is 1. The Balaban J connectivity index is 1.50. The quantitative estimate of drug-likeness (QED) is 0.443. The average Bonchev–Trinajstić information content (AvgIpc) is 3.09. The van der Waals surface area contributed by atoms with Crippen molar-refractivity contribution in [2.45, 2.75) is 25.8 Å². The number of aromatic nitrogens is 5. The zero-order chi connectivity index (χ0) is 22.8. The van der Waals surface area contributed by atoms with E-state index < -0.39 is 0 Å². The van der Waals surface area contributed by atoms with E-state index in [1.165, 1.54) is 6.33 Å². The van der Waals surface area contributed by atoms with Crippen LogP contribution >= 0.6 is 0 Å². The summed E-state index contributed by atoms with van der Waals surface area (Å²) in [6, 6.07) is 12.9. The van der Waals surface area contributed by atoms with Gasteiger partial charge in [0, 0.05) is 17.3 Å². The van der Waals surface area contributed by atoms with E-state index in [4.69, 9.17) is 10.8 Å². The van der Waals surface area contributed by atoms with E-state index in [1.807, 2.05) is 22.9 Å². The number of benzene rings is 1. The number of hydrogen-bond acceptors (Lipinski definition) is 7. The first-order chi connectivity index (χ1) is 16.1. The predicted molar refractivity (Wildman–Crippen MR) is 128 cm³/mol. The Morgan fingerprint density at radius 1 is 1.15 bits per heavy atom. The molecule has 1 fully saturated rings. The molecular weight excluding hydrogens is 416 g/mol. The molecule has 0 saturated carbocycles. The van der Waals surface area contributed by atoms with Gasteiger partial charge < -0.3 is 16.4 Å². The SMILES string of the molecule is CC1CNCCCC1n1nc(-c2ccc(C(=O)Nc3ccccn3)cc2)c2c(N)ncnc21. The summed E-state index contributed by atoms with van der Waals surface area (Å²) < 4.78 is 2.02. The molecule has 1 aromatic carbocycles. The molecule has 4 N–H and O–H groups in total. The van der Waals surface area contributed by atoms with Crippen LogP contribution < -0.4 is 16.4 Å². The summed E-state index contributed by atoms with van der Waals surface area (Å²) in [6.07, 6.45) is 5.22. The fraction of sp³-hybridized carbons (Fsp3) is 0.292. The van der Waals surface area contributed by atoms with E-state index >= 15 is 0 Å². The van der Waals surface area contributed by atoms with Gasteiger partial charge in [-0.15, -0.1) is 0 Å². The highest BCUT2D eigenvalue weighted by atomic mass is 16.1. The van der Waals surface area contributed by atoms with Gasteiger partial charge in [0.05, 0.1) is 11.4 Å². The summed E-state index contributed by atoms with van der Waals surface area (Å²) in [7, 11) is 0. The van der Waals surface area contributed by atoms with Crippen LogP contribution in [0.5, 0.6) is 0 Å². The van der Waals surface area contributed by atoms with E-state index in [0.717, 1.165) is 48.2 Å². The lowest BCUT2D eigenvalue weighted by molar-refractivity contribution is 0.102. The number of rotatable bonds is 4. The number of pyridine rings is 1.